The summed E-state index contributed by atoms with van der Waals surface area (Å²) in [5.41, 5.74) is 1.43. The average Bonchev–Trinajstić information content (AvgIpc) is 2.70. The van der Waals surface area contributed by atoms with Crippen molar-refractivity contribution in [2.75, 3.05) is 33.3 Å². The van der Waals surface area contributed by atoms with Crippen LogP contribution in [-0.2, 0) is 6.61 Å². The Morgan fingerprint density at radius 3 is 2.52 bits per heavy atom. The summed E-state index contributed by atoms with van der Waals surface area (Å²) in [7, 11) is 1.56. The van der Waals surface area contributed by atoms with Crippen LogP contribution >= 0.6 is 11.6 Å². The fourth-order valence-electron chi connectivity index (χ4n) is 2.67. The molecule has 0 saturated heterocycles. The third kappa shape index (κ3) is 6.15. The number of rotatable bonds is 10. The number of benzene rings is 2. The van der Waals surface area contributed by atoms with Gasteiger partial charge in [-0.15, -0.1) is 0 Å². The van der Waals surface area contributed by atoms with Crippen molar-refractivity contribution in [3.63, 3.8) is 0 Å². The van der Waals surface area contributed by atoms with Crippen LogP contribution in [0.5, 0.6) is 11.5 Å². The van der Waals surface area contributed by atoms with E-state index in [9.17, 15) is 4.79 Å². The Morgan fingerprint density at radius 1 is 1.11 bits per heavy atom. The van der Waals surface area contributed by atoms with Crippen LogP contribution in [0.15, 0.2) is 42.5 Å². The Bertz CT molecular complexity index is 748. The van der Waals surface area contributed by atoms with Gasteiger partial charge in [-0.05, 0) is 37.4 Å². The van der Waals surface area contributed by atoms with E-state index in [1.165, 1.54) is 0 Å². The normalized spacial score (nSPS) is 10.7. The van der Waals surface area contributed by atoms with E-state index < -0.39 is 0 Å². The van der Waals surface area contributed by atoms with Crippen molar-refractivity contribution in [2.45, 2.75) is 20.5 Å². The van der Waals surface area contributed by atoms with E-state index in [1.807, 2.05) is 24.3 Å². The highest BCUT2D eigenvalue weighted by atomic mass is 35.5. The molecule has 0 fully saturated rings. The molecule has 0 atom stereocenters. The summed E-state index contributed by atoms with van der Waals surface area (Å²) in [5.74, 6) is 0.952. The molecular weight excluding hydrogens is 364 g/mol. The number of carbonyl (C=O) groups is 1. The lowest BCUT2D eigenvalue weighted by Gasteiger charge is -2.18. The van der Waals surface area contributed by atoms with Crippen LogP contribution < -0.4 is 14.8 Å². The molecule has 5 nitrogen and oxygen atoms in total. The number of nitrogens with zero attached hydrogens (tertiary/aromatic N) is 1. The van der Waals surface area contributed by atoms with Gasteiger partial charge < -0.3 is 19.7 Å². The van der Waals surface area contributed by atoms with Crippen LogP contribution in [0.4, 0.5) is 0 Å². The second-order valence-electron chi connectivity index (χ2n) is 6.03. The molecule has 0 saturated carbocycles. The molecule has 0 heterocycles. The van der Waals surface area contributed by atoms with Crippen molar-refractivity contribution >= 4 is 17.5 Å². The zero-order valence-corrected chi connectivity index (χ0v) is 16.9. The summed E-state index contributed by atoms with van der Waals surface area (Å²) in [6.07, 6.45) is 0. The topological polar surface area (TPSA) is 50.8 Å². The number of amides is 1. The van der Waals surface area contributed by atoms with E-state index in [2.05, 4.69) is 24.1 Å². The van der Waals surface area contributed by atoms with E-state index >= 15 is 0 Å². The quantitative estimate of drug-likeness (QED) is 0.666. The van der Waals surface area contributed by atoms with Crippen LogP contribution in [0.25, 0.3) is 0 Å². The highest BCUT2D eigenvalue weighted by Crippen LogP contribution is 2.29. The van der Waals surface area contributed by atoms with Crippen LogP contribution in [0, 0.1) is 0 Å². The summed E-state index contributed by atoms with van der Waals surface area (Å²) in [6, 6.07) is 12.7. The standard InChI is InChI=1S/C21H27ClN2O3/c1-4-24(5-2)13-12-23-21(25)16-10-11-19(20(14-16)26-3)27-15-17-8-6-7-9-18(17)22/h6-11,14H,4-5,12-13,15H2,1-3H3,(H,23,25). The predicted octanol–water partition coefficient (Wildman–Crippen LogP) is 4.00. The van der Waals surface area contributed by atoms with Gasteiger partial charge in [0.1, 0.15) is 6.61 Å². The second kappa shape index (κ2) is 10.8. The summed E-state index contributed by atoms with van der Waals surface area (Å²) < 4.78 is 11.2. The SMILES string of the molecule is CCN(CC)CCNC(=O)c1ccc(OCc2ccccc2Cl)c(OC)c1. The van der Waals surface area contributed by atoms with Crippen molar-refractivity contribution in [3.05, 3.63) is 58.6 Å². The number of ether oxygens (including phenoxy) is 2. The minimum atomic E-state index is -0.127. The molecule has 2 aromatic rings. The Balaban J connectivity index is 1.98. The van der Waals surface area contributed by atoms with Crippen LogP contribution in [-0.4, -0.2) is 44.1 Å². The van der Waals surface area contributed by atoms with Crippen LogP contribution in [0.3, 0.4) is 0 Å². The highest BCUT2D eigenvalue weighted by Gasteiger charge is 2.12. The first kappa shape index (κ1) is 21.1. The third-order valence-electron chi connectivity index (χ3n) is 4.37. The van der Waals surface area contributed by atoms with E-state index in [4.69, 9.17) is 21.1 Å². The van der Waals surface area contributed by atoms with Crippen molar-refractivity contribution in [1.82, 2.24) is 10.2 Å². The lowest BCUT2D eigenvalue weighted by molar-refractivity contribution is 0.0948. The molecule has 6 heteroatoms. The molecule has 0 bridgehead atoms. The zero-order valence-electron chi connectivity index (χ0n) is 16.1. The number of likely N-dealkylation sites (N-methyl/N-ethyl adjacent to an activating group) is 1. The molecule has 1 amide bonds. The molecule has 27 heavy (non-hydrogen) atoms. The van der Waals surface area contributed by atoms with Gasteiger partial charge in [0.15, 0.2) is 11.5 Å². The van der Waals surface area contributed by atoms with Crippen molar-refractivity contribution < 1.29 is 14.3 Å². The highest BCUT2D eigenvalue weighted by molar-refractivity contribution is 6.31. The van der Waals surface area contributed by atoms with Crippen molar-refractivity contribution in [2.24, 2.45) is 0 Å². The molecule has 0 aliphatic rings. The minimum Gasteiger partial charge on any atom is -0.493 e. The smallest absolute Gasteiger partial charge is 0.251 e. The first-order valence-electron chi connectivity index (χ1n) is 9.13. The Labute approximate surface area is 166 Å². The van der Waals surface area contributed by atoms with Gasteiger partial charge in [-0.25, -0.2) is 0 Å². The van der Waals surface area contributed by atoms with Crippen molar-refractivity contribution in [1.29, 1.82) is 0 Å². The third-order valence-corrected chi connectivity index (χ3v) is 4.74. The molecule has 0 spiro atoms. The second-order valence-corrected chi connectivity index (χ2v) is 6.44. The Hall–Kier alpha value is -2.24. The monoisotopic (exact) mass is 390 g/mol. The van der Waals surface area contributed by atoms with Gasteiger partial charge >= 0.3 is 0 Å². The lowest BCUT2D eigenvalue weighted by Crippen LogP contribution is -2.34. The van der Waals surface area contributed by atoms with Gasteiger partial charge in [0.2, 0.25) is 0 Å². The van der Waals surface area contributed by atoms with Gasteiger partial charge in [0, 0.05) is 29.2 Å². The van der Waals surface area contributed by atoms with Gasteiger partial charge in [-0.3, -0.25) is 4.79 Å². The summed E-state index contributed by atoms with van der Waals surface area (Å²) in [5, 5.41) is 3.59. The molecule has 0 unspecified atom stereocenters. The molecular formula is C21H27ClN2O3. The summed E-state index contributed by atoms with van der Waals surface area (Å²) in [6.45, 7) is 7.92. The largest absolute Gasteiger partial charge is 0.493 e. The molecule has 0 aromatic heterocycles. The molecule has 0 radical (unpaired) electrons. The number of methoxy groups -OCH3 is 1. The zero-order chi connectivity index (χ0) is 19.6. The molecule has 0 aliphatic carbocycles. The average molecular weight is 391 g/mol. The maximum atomic E-state index is 12.4. The van der Waals surface area contributed by atoms with Gasteiger partial charge in [0.05, 0.1) is 7.11 Å². The number of carbonyl (C=O) groups excluding carboxylic acids is 1. The van der Waals surface area contributed by atoms with E-state index in [0.717, 1.165) is 25.2 Å². The number of hydrogen-bond donors (Lipinski definition) is 1. The van der Waals surface area contributed by atoms with Crippen LogP contribution in [0.2, 0.25) is 5.02 Å². The molecule has 2 rings (SSSR count). The fraction of sp³-hybridized carbons (Fsp3) is 0.381. The maximum Gasteiger partial charge on any atom is 0.251 e. The van der Waals surface area contributed by atoms with Gasteiger partial charge in [-0.1, -0.05) is 43.6 Å². The van der Waals surface area contributed by atoms with Gasteiger partial charge in [0.25, 0.3) is 5.91 Å². The van der Waals surface area contributed by atoms with Crippen molar-refractivity contribution in [3.8, 4) is 11.5 Å². The molecule has 0 aliphatic heterocycles. The molecule has 1 N–H and O–H groups in total. The minimum absolute atomic E-state index is 0.127. The summed E-state index contributed by atoms with van der Waals surface area (Å²) >= 11 is 6.15. The maximum absolute atomic E-state index is 12.4. The molecule has 2 aromatic carbocycles. The lowest BCUT2D eigenvalue weighted by atomic mass is 10.2. The van der Waals surface area contributed by atoms with E-state index in [-0.39, 0.29) is 5.91 Å². The number of nitrogens with one attached hydrogen (secondary N) is 1. The Morgan fingerprint density at radius 2 is 1.85 bits per heavy atom. The fourth-order valence-corrected chi connectivity index (χ4v) is 2.86. The number of halogens is 1. The molecule has 146 valence electrons. The summed E-state index contributed by atoms with van der Waals surface area (Å²) in [4.78, 5) is 14.6. The van der Waals surface area contributed by atoms with E-state index in [0.29, 0.717) is 35.2 Å². The number of hydrogen-bond acceptors (Lipinski definition) is 4. The van der Waals surface area contributed by atoms with Gasteiger partial charge in [-0.2, -0.15) is 0 Å². The first-order chi connectivity index (χ1) is 13.1. The van der Waals surface area contributed by atoms with Crippen LogP contribution in [0.1, 0.15) is 29.8 Å². The van der Waals surface area contributed by atoms with E-state index in [1.54, 1.807) is 25.3 Å². The first-order valence-corrected chi connectivity index (χ1v) is 9.51. The Kier molecular flexibility index (Phi) is 8.43. The predicted molar refractivity (Wildman–Crippen MR) is 109 cm³/mol.